The van der Waals surface area contributed by atoms with Gasteiger partial charge in [0.15, 0.2) is 5.41 Å². The van der Waals surface area contributed by atoms with E-state index in [9.17, 15) is 14.4 Å². The summed E-state index contributed by atoms with van der Waals surface area (Å²) in [6.07, 6.45) is -0.358. The summed E-state index contributed by atoms with van der Waals surface area (Å²) < 4.78 is 10.3. The summed E-state index contributed by atoms with van der Waals surface area (Å²) in [6, 6.07) is 0. The Kier molecular flexibility index (Phi) is 5.93. The second-order valence-corrected chi connectivity index (χ2v) is 6.05. The highest BCUT2D eigenvalue weighted by molar-refractivity contribution is 6.01. The molecule has 8 heteroatoms. The van der Waals surface area contributed by atoms with Gasteiger partial charge in [0.25, 0.3) is 0 Å². The molecule has 1 fully saturated rings. The van der Waals surface area contributed by atoms with E-state index in [1.54, 1.807) is 27.7 Å². The Balaban J connectivity index is 2.80. The van der Waals surface area contributed by atoms with Crippen molar-refractivity contribution in [3.63, 3.8) is 0 Å². The molecule has 0 aromatic rings. The van der Waals surface area contributed by atoms with Gasteiger partial charge in [-0.2, -0.15) is 0 Å². The quantitative estimate of drug-likeness (QED) is 0.245. The summed E-state index contributed by atoms with van der Waals surface area (Å²) in [5.41, 5.74) is 6.86. The number of ether oxygens (including phenoxy) is 2. The van der Waals surface area contributed by atoms with Crippen LogP contribution in [0.2, 0.25) is 0 Å². The number of hydrogen-bond donors (Lipinski definition) is 0. The van der Waals surface area contributed by atoms with Crippen LogP contribution in [0.25, 0.3) is 10.4 Å². The molecular formula is C14H21N3O5. The normalized spacial score (nSPS) is 16.6. The van der Waals surface area contributed by atoms with Gasteiger partial charge >= 0.3 is 11.9 Å². The van der Waals surface area contributed by atoms with Gasteiger partial charge in [0.05, 0.1) is 12.2 Å². The molecule has 1 saturated carbocycles. The van der Waals surface area contributed by atoms with Crippen molar-refractivity contribution in [3.05, 3.63) is 10.4 Å². The van der Waals surface area contributed by atoms with Gasteiger partial charge in [0, 0.05) is 11.3 Å². The number of esters is 2. The standard InChI is InChI=1S/C14H21N3O5/c1-8(2)21-12(19)14(13(20)22-9(3)4)6-10(7-14)5-11(18)16-17-15/h8-10H,5-7H2,1-4H3. The molecule has 1 rings (SSSR count). The Hall–Kier alpha value is -2.08. The van der Waals surface area contributed by atoms with Crippen molar-refractivity contribution in [1.29, 1.82) is 0 Å². The van der Waals surface area contributed by atoms with Crippen molar-refractivity contribution in [3.8, 4) is 0 Å². The first kappa shape index (κ1) is 18.0. The van der Waals surface area contributed by atoms with Crippen LogP contribution in [0, 0.1) is 11.3 Å². The summed E-state index contributed by atoms with van der Waals surface area (Å²) in [5.74, 6) is -2.05. The van der Waals surface area contributed by atoms with Gasteiger partial charge in [-0.25, -0.2) is 0 Å². The van der Waals surface area contributed by atoms with E-state index in [0.29, 0.717) is 0 Å². The molecule has 0 radical (unpaired) electrons. The second-order valence-electron chi connectivity index (χ2n) is 6.05. The van der Waals surface area contributed by atoms with Crippen LogP contribution in [0.3, 0.4) is 0 Å². The molecule has 0 atom stereocenters. The van der Waals surface area contributed by atoms with Crippen LogP contribution in [0.1, 0.15) is 47.0 Å². The van der Waals surface area contributed by atoms with Crippen LogP contribution in [0.5, 0.6) is 0 Å². The highest BCUT2D eigenvalue weighted by Gasteiger charge is 2.58. The van der Waals surface area contributed by atoms with Crippen molar-refractivity contribution in [1.82, 2.24) is 0 Å². The molecule has 0 aliphatic heterocycles. The van der Waals surface area contributed by atoms with E-state index < -0.39 is 23.3 Å². The van der Waals surface area contributed by atoms with Gasteiger partial charge in [-0.3, -0.25) is 14.4 Å². The minimum atomic E-state index is -1.35. The average Bonchev–Trinajstić information content (AvgIpc) is 2.31. The zero-order valence-corrected chi connectivity index (χ0v) is 13.2. The van der Waals surface area contributed by atoms with Crippen LogP contribution in [0.15, 0.2) is 5.11 Å². The van der Waals surface area contributed by atoms with Crippen molar-refractivity contribution in [2.75, 3.05) is 0 Å². The molecule has 1 aliphatic rings. The molecule has 0 spiro atoms. The van der Waals surface area contributed by atoms with E-state index in [-0.39, 0.29) is 37.4 Å². The van der Waals surface area contributed by atoms with Crippen LogP contribution in [-0.4, -0.2) is 30.1 Å². The molecule has 1 aliphatic carbocycles. The summed E-state index contributed by atoms with van der Waals surface area (Å²) in [5, 5.41) is 2.99. The number of carbonyl (C=O) groups excluding carboxylic acids is 3. The van der Waals surface area contributed by atoms with Crippen molar-refractivity contribution in [2.45, 2.75) is 59.2 Å². The molecule has 0 saturated heterocycles. The summed E-state index contributed by atoms with van der Waals surface area (Å²) in [6.45, 7) is 6.78. The van der Waals surface area contributed by atoms with Crippen molar-refractivity contribution in [2.24, 2.45) is 16.4 Å². The van der Waals surface area contributed by atoms with E-state index in [0.717, 1.165) is 0 Å². The SMILES string of the molecule is CC(C)OC(=O)C1(C(=O)OC(C)C)CC(CC(=O)N=[N+]=[N-])C1. The summed E-state index contributed by atoms with van der Waals surface area (Å²) in [7, 11) is 0. The lowest BCUT2D eigenvalue weighted by Crippen LogP contribution is -2.52. The molecule has 0 unspecified atom stereocenters. The third-order valence-corrected chi connectivity index (χ3v) is 3.36. The fourth-order valence-corrected chi connectivity index (χ4v) is 2.48. The Morgan fingerprint density at radius 3 is 1.95 bits per heavy atom. The first-order valence-corrected chi connectivity index (χ1v) is 7.21. The predicted octanol–water partition coefficient (Wildman–Crippen LogP) is 2.51. The first-order valence-electron chi connectivity index (χ1n) is 7.21. The fraction of sp³-hybridized carbons (Fsp3) is 0.786. The molecular weight excluding hydrogens is 290 g/mol. The highest BCUT2D eigenvalue weighted by atomic mass is 16.6. The molecule has 22 heavy (non-hydrogen) atoms. The summed E-state index contributed by atoms with van der Waals surface area (Å²) >= 11 is 0. The number of amides is 1. The molecule has 0 bridgehead atoms. The largest absolute Gasteiger partial charge is 0.462 e. The molecule has 1 amide bonds. The lowest BCUT2D eigenvalue weighted by molar-refractivity contribution is -0.189. The van der Waals surface area contributed by atoms with Crippen LogP contribution < -0.4 is 0 Å². The van der Waals surface area contributed by atoms with E-state index in [2.05, 4.69) is 10.0 Å². The van der Waals surface area contributed by atoms with E-state index in [1.807, 2.05) is 0 Å². The Morgan fingerprint density at radius 2 is 1.59 bits per heavy atom. The zero-order valence-electron chi connectivity index (χ0n) is 13.2. The van der Waals surface area contributed by atoms with E-state index in [4.69, 9.17) is 15.0 Å². The molecule has 0 aromatic heterocycles. The lowest BCUT2D eigenvalue weighted by Gasteiger charge is -2.43. The minimum Gasteiger partial charge on any atom is -0.462 e. The first-order chi connectivity index (χ1) is 10.2. The molecule has 0 N–H and O–H groups in total. The van der Waals surface area contributed by atoms with Crippen LogP contribution in [0.4, 0.5) is 0 Å². The average molecular weight is 311 g/mol. The van der Waals surface area contributed by atoms with Crippen LogP contribution >= 0.6 is 0 Å². The van der Waals surface area contributed by atoms with E-state index >= 15 is 0 Å². The third kappa shape index (κ3) is 4.21. The lowest BCUT2D eigenvalue weighted by atomic mass is 9.60. The van der Waals surface area contributed by atoms with E-state index in [1.165, 1.54) is 0 Å². The second kappa shape index (κ2) is 7.26. The van der Waals surface area contributed by atoms with Gasteiger partial charge in [0.2, 0.25) is 5.91 Å². The summed E-state index contributed by atoms with van der Waals surface area (Å²) in [4.78, 5) is 38.2. The van der Waals surface area contributed by atoms with Crippen LogP contribution in [-0.2, 0) is 23.9 Å². The van der Waals surface area contributed by atoms with Gasteiger partial charge < -0.3 is 9.47 Å². The smallest absolute Gasteiger partial charge is 0.323 e. The van der Waals surface area contributed by atoms with Gasteiger partial charge in [-0.1, -0.05) is 0 Å². The van der Waals surface area contributed by atoms with Gasteiger partial charge in [-0.15, -0.1) is 0 Å². The fourth-order valence-electron chi connectivity index (χ4n) is 2.48. The van der Waals surface area contributed by atoms with Crippen molar-refractivity contribution >= 4 is 17.8 Å². The number of nitrogens with zero attached hydrogens (tertiary/aromatic N) is 3. The Morgan fingerprint density at radius 1 is 1.14 bits per heavy atom. The van der Waals surface area contributed by atoms with Crippen molar-refractivity contribution < 1.29 is 23.9 Å². The molecule has 8 nitrogen and oxygen atoms in total. The molecule has 0 aromatic carbocycles. The van der Waals surface area contributed by atoms with Gasteiger partial charge in [-0.05, 0) is 57.1 Å². The Bertz CT molecular complexity index is 479. The molecule has 0 heterocycles. The number of azide groups is 1. The maximum Gasteiger partial charge on any atom is 0.323 e. The monoisotopic (exact) mass is 311 g/mol. The highest BCUT2D eigenvalue weighted by Crippen LogP contribution is 2.49. The number of hydrogen-bond acceptors (Lipinski definition) is 5. The Labute approximate surface area is 128 Å². The van der Waals surface area contributed by atoms with Gasteiger partial charge in [0.1, 0.15) is 0 Å². The topological polar surface area (TPSA) is 118 Å². The maximum atomic E-state index is 12.2. The minimum absolute atomic E-state index is 0.00965. The maximum absolute atomic E-state index is 12.2. The zero-order chi connectivity index (χ0) is 16.9. The third-order valence-electron chi connectivity index (χ3n) is 3.36. The number of carbonyl (C=O) groups is 3. The number of rotatable bonds is 6. The molecule has 122 valence electrons. The predicted molar refractivity (Wildman–Crippen MR) is 76.4 cm³/mol.